The molecule has 8 heteroatoms. The van der Waals surface area contributed by atoms with Crippen molar-refractivity contribution in [2.24, 2.45) is 5.92 Å². The maximum absolute atomic E-state index is 13.2. The van der Waals surface area contributed by atoms with Gasteiger partial charge in [-0.15, -0.1) is 0 Å². The number of rotatable bonds is 4. The number of nitrogens with one attached hydrogen (secondary N) is 1. The predicted molar refractivity (Wildman–Crippen MR) is 121 cm³/mol. The van der Waals surface area contributed by atoms with E-state index in [1.807, 2.05) is 4.90 Å². The SMILES string of the molecule is O=C(c1ccc(NS(=O)(=O)c2ccc3c(c2)OCCO3)cc1)N1CCCC2CCCCC21. The Morgan fingerprint density at radius 3 is 2.44 bits per heavy atom. The van der Waals surface area contributed by atoms with Crippen LogP contribution in [0.2, 0.25) is 0 Å². The predicted octanol–water partition coefficient (Wildman–Crippen LogP) is 4.05. The zero-order valence-corrected chi connectivity index (χ0v) is 18.8. The number of carbonyl (C=O) groups is 1. The van der Waals surface area contributed by atoms with Gasteiger partial charge in [-0.05, 0) is 68.0 Å². The summed E-state index contributed by atoms with van der Waals surface area (Å²) in [5.41, 5.74) is 1.00. The highest BCUT2D eigenvalue weighted by Crippen LogP contribution is 2.36. The molecule has 1 saturated heterocycles. The Morgan fingerprint density at radius 2 is 1.62 bits per heavy atom. The number of sulfonamides is 1. The molecule has 7 nitrogen and oxygen atoms in total. The lowest BCUT2D eigenvalue weighted by molar-refractivity contribution is 0.0390. The van der Waals surface area contributed by atoms with E-state index in [1.54, 1.807) is 30.3 Å². The molecule has 3 aliphatic rings. The molecule has 1 N–H and O–H groups in total. The maximum atomic E-state index is 13.2. The Labute approximate surface area is 188 Å². The summed E-state index contributed by atoms with van der Waals surface area (Å²) in [5, 5.41) is 0. The zero-order valence-electron chi connectivity index (χ0n) is 18.0. The lowest BCUT2D eigenvalue weighted by Gasteiger charge is -2.44. The molecule has 1 aliphatic carbocycles. The van der Waals surface area contributed by atoms with Crippen molar-refractivity contribution in [3.63, 3.8) is 0 Å². The normalized spacial score (nSPS) is 22.7. The molecule has 0 bridgehead atoms. The van der Waals surface area contributed by atoms with Crippen molar-refractivity contribution < 1.29 is 22.7 Å². The first kappa shape index (κ1) is 21.1. The van der Waals surface area contributed by atoms with Crippen LogP contribution < -0.4 is 14.2 Å². The van der Waals surface area contributed by atoms with Crippen LogP contribution in [-0.4, -0.2) is 45.0 Å². The summed E-state index contributed by atoms with van der Waals surface area (Å²) in [6.07, 6.45) is 7.03. The fourth-order valence-electron chi connectivity index (χ4n) is 5.13. The van der Waals surface area contributed by atoms with Gasteiger partial charge in [0, 0.05) is 29.9 Å². The third-order valence-corrected chi connectivity index (χ3v) is 8.09. The summed E-state index contributed by atoms with van der Waals surface area (Å²) in [6.45, 7) is 1.64. The average molecular weight is 457 g/mol. The topological polar surface area (TPSA) is 84.9 Å². The van der Waals surface area contributed by atoms with Gasteiger partial charge in [-0.25, -0.2) is 8.42 Å². The first-order valence-electron chi connectivity index (χ1n) is 11.3. The fourth-order valence-corrected chi connectivity index (χ4v) is 6.20. The van der Waals surface area contributed by atoms with Gasteiger partial charge in [0.05, 0.1) is 4.90 Å². The van der Waals surface area contributed by atoms with E-state index >= 15 is 0 Å². The highest BCUT2D eigenvalue weighted by atomic mass is 32.2. The van der Waals surface area contributed by atoms with Crippen molar-refractivity contribution in [1.82, 2.24) is 4.90 Å². The lowest BCUT2D eigenvalue weighted by atomic mass is 9.78. The van der Waals surface area contributed by atoms with E-state index in [9.17, 15) is 13.2 Å². The van der Waals surface area contributed by atoms with Gasteiger partial charge in [-0.1, -0.05) is 12.8 Å². The lowest BCUT2D eigenvalue weighted by Crippen LogP contribution is -2.49. The number of hydrogen-bond acceptors (Lipinski definition) is 5. The smallest absolute Gasteiger partial charge is 0.262 e. The van der Waals surface area contributed by atoms with E-state index in [-0.39, 0.29) is 10.8 Å². The number of hydrogen-bond donors (Lipinski definition) is 1. The molecule has 0 aromatic heterocycles. The quantitative estimate of drug-likeness (QED) is 0.750. The van der Waals surface area contributed by atoms with E-state index in [0.717, 1.165) is 19.4 Å². The molecule has 2 unspecified atom stereocenters. The summed E-state index contributed by atoms with van der Waals surface area (Å²) in [7, 11) is -3.80. The Morgan fingerprint density at radius 1 is 0.906 bits per heavy atom. The minimum absolute atomic E-state index is 0.0443. The first-order valence-corrected chi connectivity index (χ1v) is 12.8. The first-order chi connectivity index (χ1) is 15.5. The molecule has 2 atom stereocenters. The molecule has 32 heavy (non-hydrogen) atoms. The summed E-state index contributed by atoms with van der Waals surface area (Å²) in [6, 6.07) is 11.6. The summed E-state index contributed by atoms with van der Waals surface area (Å²) >= 11 is 0. The monoisotopic (exact) mass is 456 g/mol. The fraction of sp³-hybridized carbons (Fsp3) is 0.458. The molecule has 2 aliphatic heterocycles. The van der Waals surface area contributed by atoms with Crippen LogP contribution in [0.1, 0.15) is 48.9 Å². The standard InChI is InChI=1S/C24H28N2O5S/c27-24(26-13-3-5-17-4-1-2-6-21(17)26)18-7-9-19(10-8-18)25-32(28,29)20-11-12-22-23(16-20)31-15-14-30-22/h7-12,16-17,21,25H,1-6,13-15H2. The van der Waals surface area contributed by atoms with Gasteiger partial charge in [0.2, 0.25) is 0 Å². The van der Waals surface area contributed by atoms with E-state index in [1.165, 1.54) is 37.8 Å². The molecule has 5 rings (SSSR count). The number of nitrogens with zero attached hydrogens (tertiary/aromatic N) is 1. The van der Waals surface area contributed by atoms with Gasteiger partial charge < -0.3 is 14.4 Å². The second-order valence-electron chi connectivity index (χ2n) is 8.74. The molecule has 0 radical (unpaired) electrons. The van der Waals surface area contributed by atoms with Crippen molar-refractivity contribution in [3.05, 3.63) is 48.0 Å². The van der Waals surface area contributed by atoms with Crippen LogP contribution in [-0.2, 0) is 10.0 Å². The average Bonchev–Trinajstić information content (AvgIpc) is 2.83. The van der Waals surface area contributed by atoms with E-state index < -0.39 is 10.0 Å². The molecule has 2 fully saturated rings. The minimum Gasteiger partial charge on any atom is -0.486 e. The summed E-state index contributed by atoms with van der Waals surface area (Å²) in [5.74, 6) is 1.62. The number of piperidine rings is 1. The third kappa shape index (κ3) is 4.16. The highest BCUT2D eigenvalue weighted by Gasteiger charge is 2.36. The number of ether oxygens (including phenoxy) is 2. The molecular formula is C24H28N2O5S. The van der Waals surface area contributed by atoms with Crippen molar-refractivity contribution >= 4 is 21.6 Å². The molecule has 2 aromatic carbocycles. The molecule has 0 spiro atoms. The Bertz CT molecular complexity index is 1100. The second-order valence-corrected chi connectivity index (χ2v) is 10.4. The Kier molecular flexibility index (Phi) is 5.71. The van der Waals surface area contributed by atoms with Gasteiger partial charge in [-0.3, -0.25) is 9.52 Å². The maximum Gasteiger partial charge on any atom is 0.262 e. The van der Waals surface area contributed by atoms with E-state index in [0.29, 0.717) is 47.9 Å². The van der Waals surface area contributed by atoms with Gasteiger partial charge in [0.15, 0.2) is 11.5 Å². The van der Waals surface area contributed by atoms with Gasteiger partial charge >= 0.3 is 0 Å². The van der Waals surface area contributed by atoms with E-state index in [2.05, 4.69) is 4.72 Å². The van der Waals surface area contributed by atoms with Crippen LogP contribution in [0.5, 0.6) is 11.5 Å². The Balaban J connectivity index is 1.30. The molecule has 2 aromatic rings. The second kappa shape index (κ2) is 8.65. The summed E-state index contributed by atoms with van der Waals surface area (Å²) < 4.78 is 39.2. The number of benzene rings is 2. The highest BCUT2D eigenvalue weighted by molar-refractivity contribution is 7.92. The van der Waals surface area contributed by atoms with Gasteiger partial charge in [0.25, 0.3) is 15.9 Å². The van der Waals surface area contributed by atoms with Crippen molar-refractivity contribution in [3.8, 4) is 11.5 Å². The van der Waals surface area contributed by atoms with Crippen LogP contribution in [0.15, 0.2) is 47.4 Å². The zero-order chi connectivity index (χ0) is 22.1. The largest absolute Gasteiger partial charge is 0.486 e. The molecule has 170 valence electrons. The third-order valence-electron chi connectivity index (χ3n) is 6.71. The number of anilines is 1. The number of carbonyl (C=O) groups excluding carboxylic acids is 1. The number of likely N-dealkylation sites (tertiary alicyclic amines) is 1. The van der Waals surface area contributed by atoms with Crippen LogP contribution in [0, 0.1) is 5.92 Å². The van der Waals surface area contributed by atoms with Crippen molar-refractivity contribution in [1.29, 1.82) is 0 Å². The van der Waals surface area contributed by atoms with Gasteiger partial charge in [-0.2, -0.15) is 0 Å². The number of fused-ring (bicyclic) bond motifs is 2. The minimum atomic E-state index is -3.80. The molecular weight excluding hydrogens is 428 g/mol. The van der Waals surface area contributed by atoms with Crippen molar-refractivity contribution in [2.45, 2.75) is 49.5 Å². The van der Waals surface area contributed by atoms with Crippen LogP contribution in [0.3, 0.4) is 0 Å². The number of amides is 1. The molecule has 2 heterocycles. The van der Waals surface area contributed by atoms with E-state index in [4.69, 9.17) is 9.47 Å². The van der Waals surface area contributed by atoms with Gasteiger partial charge in [0.1, 0.15) is 13.2 Å². The van der Waals surface area contributed by atoms with Crippen LogP contribution in [0.25, 0.3) is 0 Å². The van der Waals surface area contributed by atoms with Crippen molar-refractivity contribution in [2.75, 3.05) is 24.5 Å². The molecule has 1 saturated carbocycles. The summed E-state index contributed by atoms with van der Waals surface area (Å²) in [4.78, 5) is 15.3. The van der Waals surface area contributed by atoms with Crippen LogP contribution >= 0.6 is 0 Å². The molecule has 1 amide bonds. The Hall–Kier alpha value is -2.74. The van der Waals surface area contributed by atoms with Crippen LogP contribution in [0.4, 0.5) is 5.69 Å².